The van der Waals surface area contributed by atoms with Crippen LogP contribution in [0, 0.1) is 0 Å². The van der Waals surface area contributed by atoms with Crippen molar-refractivity contribution >= 4 is 0 Å². The van der Waals surface area contributed by atoms with Gasteiger partial charge in [-0.25, -0.2) is 0 Å². The molecular formula is C9H18ClN. The lowest BCUT2D eigenvalue weighted by atomic mass is 9.93. The molecule has 11 heavy (non-hydrogen) atoms. The highest BCUT2D eigenvalue weighted by atomic mass is 35.5. The predicted molar refractivity (Wildman–Crippen MR) is 42.2 cm³/mol. The Labute approximate surface area is 75.6 Å². The molecule has 0 saturated carbocycles. The lowest BCUT2D eigenvalue weighted by molar-refractivity contribution is -0.935. The number of hydrogen-bond acceptors (Lipinski definition) is 0. The van der Waals surface area contributed by atoms with E-state index in [0.29, 0.717) is 0 Å². The van der Waals surface area contributed by atoms with Gasteiger partial charge in [-0.05, 0) is 38.5 Å². The maximum absolute atomic E-state index is 1.93. The predicted octanol–water partition coefficient (Wildman–Crippen LogP) is -2.39. The van der Waals surface area contributed by atoms with E-state index in [1.54, 1.807) is 0 Å². The first-order valence-electron chi connectivity index (χ1n) is 4.81. The highest BCUT2D eigenvalue weighted by molar-refractivity contribution is 4.65. The Balaban J connectivity index is 0.000000605. The van der Waals surface area contributed by atoms with Crippen molar-refractivity contribution in [2.24, 2.45) is 0 Å². The minimum absolute atomic E-state index is 0. The number of piperidine rings is 2. The summed E-state index contributed by atoms with van der Waals surface area (Å²) in [7, 11) is 0. The van der Waals surface area contributed by atoms with Crippen molar-refractivity contribution in [1.82, 2.24) is 0 Å². The molecule has 0 amide bonds. The SMILES string of the molecule is C1CC[NH+]2CCCCC2C1.[Cl-]. The third-order valence-electron chi connectivity index (χ3n) is 3.18. The van der Waals surface area contributed by atoms with Crippen molar-refractivity contribution in [3.8, 4) is 0 Å². The fourth-order valence-electron chi connectivity index (χ4n) is 2.57. The van der Waals surface area contributed by atoms with Crippen LogP contribution in [0.25, 0.3) is 0 Å². The van der Waals surface area contributed by atoms with Crippen molar-refractivity contribution in [3.63, 3.8) is 0 Å². The summed E-state index contributed by atoms with van der Waals surface area (Å²) in [4.78, 5) is 1.93. The molecule has 2 aliphatic rings. The van der Waals surface area contributed by atoms with Crippen LogP contribution in [-0.4, -0.2) is 19.1 Å². The molecule has 0 spiro atoms. The summed E-state index contributed by atoms with van der Waals surface area (Å²) in [6, 6.07) is 1.07. The van der Waals surface area contributed by atoms with Gasteiger partial charge < -0.3 is 17.3 Å². The Morgan fingerprint density at radius 1 is 0.818 bits per heavy atom. The largest absolute Gasteiger partial charge is 1.00 e. The molecule has 2 fully saturated rings. The minimum Gasteiger partial charge on any atom is -1.00 e. The number of fused-ring (bicyclic) bond motifs is 1. The Bertz CT molecular complexity index is 90.1. The quantitative estimate of drug-likeness (QED) is 0.419. The summed E-state index contributed by atoms with van der Waals surface area (Å²) in [6.07, 6.45) is 9.05. The first-order chi connectivity index (χ1) is 4.97. The van der Waals surface area contributed by atoms with Gasteiger partial charge in [0.1, 0.15) is 0 Å². The van der Waals surface area contributed by atoms with Crippen LogP contribution in [0.4, 0.5) is 0 Å². The Kier molecular flexibility index (Phi) is 3.67. The number of hydrogen-bond donors (Lipinski definition) is 1. The maximum Gasteiger partial charge on any atom is 0.0874 e. The van der Waals surface area contributed by atoms with E-state index in [0.717, 1.165) is 6.04 Å². The molecule has 1 N–H and O–H groups in total. The van der Waals surface area contributed by atoms with Crippen LogP contribution in [0.1, 0.15) is 38.5 Å². The molecular weight excluding hydrogens is 158 g/mol. The van der Waals surface area contributed by atoms with E-state index in [-0.39, 0.29) is 12.4 Å². The van der Waals surface area contributed by atoms with E-state index in [9.17, 15) is 0 Å². The Morgan fingerprint density at radius 3 is 1.82 bits per heavy atom. The van der Waals surface area contributed by atoms with Crippen LogP contribution >= 0.6 is 0 Å². The molecule has 0 aromatic heterocycles. The van der Waals surface area contributed by atoms with Crippen LogP contribution in [0.3, 0.4) is 0 Å². The lowest BCUT2D eigenvalue weighted by Gasteiger charge is -2.35. The average molecular weight is 176 g/mol. The third kappa shape index (κ3) is 2.09. The monoisotopic (exact) mass is 175 g/mol. The fraction of sp³-hybridized carbons (Fsp3) is 1.00. The normalized spacial score (nSPS) is 37.1. The molecule has 2 heteroatoms. The summed E-state index contributed by atoms with van der Waals surface area (Å²) >= 11 is 0. The Morgan fingerprint density at radius 2 is 1.36 bits per heavy atom. The van der Waals surface area contributed by atoms with E-state index in [1.807, 2.05) is 4.90 Å². The first-order valence-corrected chi connectivity index (χ1v) is 4.81. The highest BCUT2D eigenvalue weighted by Crippen LogP contribution is 2.12. The van der Waals surface area contributed by atoms with E-state index in [4.69, 9.17) is 0 Å². The molecule has 0 unspecified atom stereocenters. The molecule has 0 aromatic rings. The number of rotatable bonds is 0. The van der Waals surface area contributed by atoms with Crippen molar-refractivity contribution < 1.29 is 17.3 Å². The zero-order valence-corrected chi connectivity index (χ0v) is 7.87. The van der Waals surface area contributed by atoms with Crippen molar-refractivity contribution in [2.75, 3.05) is 13.1 Å². The molecule has 2 heterocycles. The van der Waals surface area contributed by atoms with Crippen molar-refractivity contribution in [1.29, 1.82) is 0 Å². The summed E-state index contributed by atoms with van der Waals surface area (Å²) < 4.78 is 0. The van der Waals surface area contributed by atoms with E-state index in [2.05, 4.69) is 0 Å². The molecule has 0 aromatic carbocycles. The average Bonchev–Trinajstić information content (AvgIpc) is 2.05. The Hall–Kier alpha value is 0.250. The second-order valence-electron chi connectivity index (χ2n) is 3.85. The van der Waals surface area contributed by atoms with Gasteiger partial charge in [0.05, 0.1) is 19.1 Å². The molecule has 0 aliphatic carbocycles. The molecule has 0 radical (unpaired) electrons. The molecule has 0 bridgehead atoms. The number of quaternary nitrogens is 1. The van der Waals surface area contributed by atoms with E-state index >= 15 is 0 Å². The second-order valence-corrected chi connectivity index (χ2v) is 3.85. The van der Waals surface area contributed by atoms with Crippen molar-refractivity contribution in [2.45, 2.75) is 44.6 Å². The third-order valence-corrected chi connectivity index (χ3v) is 3.18. The van der Waals surface area contributed by atoms with Gasteiger partial charge in [-0.1, -0.05) is 0 Å². The zero-order valence-electron chi connectivity index (χ0n) is 7.11. The van der Waals surface area contributed by atoms with Gasteiger partial charge in [0.15, 0.2) is 0 Å². The van der Waals surface area contributed by atoms with Crippen LogP contribution in [-0.2, 0) is 0 Å². The number of nitrogens with one attached hydrogen (secondary N) is 1. The summed E-state index contributed by atoms with van der Waals surface area (Å²) in [5, 5.41) is 0. The second kappa shape index (κ2) is 4.32. The van der Waals surface area contributed by atoms with Crippen LogP contribution in [0.2, 0.25) is 0 Å². The lowest BCUT2D eigenvalue weighted by Crippen LogP contribution is -3.17. The summed E-state index contributed by atoms with van der Waals surface area (Å²) in [5.74, 6) is 0. The van der Waals surface area contributed by atoms with Gasteiger partial charge in [-0.3, -0.25) is 0 Å². The van der Waals surface area contributed by atoms with Crippen LogP contribution < -0.4 is 17.3 Å². The minimum atomic E-state index is 0. The van der Waals surface area contributed by atoms with Gasteiger partial charge in [0.25, 0.3) is 0 Å². The van der Waals surface area contributed by atoms with Crippen LogP contribution in [0.5, 0.6) is 0 Å². The van der Waals surface area contributed by atoms with Crippen molar-refractivity contribution in [3.05, 3.63) is 0 Å². The van der Waals surface area contributed by atoms with Gasteiger partial charge in [0.2, 0.25) is 0 Å². The molecule has 0 atom stereocenters. The fourth-order valence-corrected chi connectivity index (χ4v) is 2.57. The van der Waals surface area contributed by atoms with Gasteiger partial charge in [-0.2, -0.15) is 0 Å². The zero-order chi connectivity index (χ0) is 6.81. The maximum atomic E-state index is 1.93. The molecule has 2 saturated heterocycles. The standard InChI is InChI=1S/C9H17N.ClH/c1-3-7-10-8-4-2-6-9(10)5-1;/h9H,1-8H2;1H. The molecule has 2 aliphatic heterocycles. The molecule has 66 valence electrons. The topological polar surface area (TPSA) is 4.44 Å². The van der Waals surface area contributed by atoms with Gasteiger partial charge >= 0.3 is 0 Å². The van der Waals surface area contributed by atoms with Gasteiger partial charge in [-0.15, -0.1) is 0 Å². The first kappa shape index (κ1) is 9.34. The van der Waals surface area contributed by atoms with E-state index < -0.39 is 0 Å². The molecule has 1 nitrogen and oxygen atoms in total. The summed E-state index contributed by atoms with van der Waals surface area (Å²) in [6.45, 7) is 2.95. The highest BCUT2D eigenvalue weighted by Gasteiger charge is 2.27. The van der Waals surface area contributed by atoms with Gasteiger partial charge in [0, 0.05) is 0 Å². The number of halogens is 1. The van der Waals surface area contributed by atoms with Crippen LogP contribution in [0.15, 0.2) is 0 Å². The summed E-state index contributed by atoms with van der Waals surface area (Å²) in [5.41, 5.74) is 0. The smallest absolute Gasteiger partial charge is 0.0874 e. The van der Waals surface area contributed by atoms with E-state index in [1.165, 1.54) is 51.6 Å². The molecule has 2 rings (SSSR count).